The molecule has 0 spiro atoms. The van der Waals surface area contributed by atoms with Crippen LogP contribution < -0.4 is 16.8 Å². The first kappa shape index (κ1) is 24.4. The van der Waals surface area contributed by atoms with Crippen LogP contribution in [0.5, 0.6) is 0 Å². The van der Waals surface area contributed by atoms with Gasteiger partial charge in [-0.2, -0.15) is 0 Å². The summed E-state index contributed by atoms with van der Waals surface area (Å²) >= 11 is 0. The fraction of sp³-hybridized carbons (Fsp3) is 0.346. The maximum atomic E-state index is 13.1. The molecular weight excluding hydrogens is 414 g/mol. The van der Waals surface area contributed by atoms with Crippen molar-refractivity contribution < 1.29 is 9.59 Å². The van der Waals surface area contributed by atoms with Crippen LogP contribution in [0.3, 0.4) is 0 Å². The molecule has 7 heteroatoms. The topological polar surface area (TPSA) is 114 Å². The molecule has 0 aliphatic rings. The number of benzene rings is 2. The van der Waals surface area contributed by atoms with Crippen LogP contribution >= 0.6 is 0 Å². The molecule has 1 heterocycles. The van der Waals surface area contributed by atoms with Gasteiger partial charge in [-0.1, -0.05) is 48.5 Å². The van der Waals surface area contributed by atoms with Gasteiger partial charge in [0.05, 0.1) is 12.1 Å². The zero-order valence-corrected chi connectivity index (χ0v) is 19.0. The highest BCUT2D eigenvalue weighted by molar-refractivity contribution is 5.88. The van der Waals surface area contributed by atoms with Crippen molar-refractivity contribution in [2.75, 3.05) is 19.6 Å². The molecular formula is C26H33N5O2. The molecule has 2 amide bonds. The third kappa shape index (κ3) is 7.10. The van der Waals surface area contributed by atoms with Crippen LogP contribution in [0, 0.1) is 0 Å². The average Bonchev–Trinajstić information content (AvgIpc) is 2.86. The van der Waals surface area contributed by atoms with Crippen LogP contribution in [-0.2, 0) is 22.6 Å². The number of rotatable bonds is 12. The number of para-hydroxylation sites is 1. The summed E-state index contributed by atoms with van der Waals surface area (Å²) in [5, 5.41) is 3.99. The van der Waals surface area contributed by atoms with Crippen molar-refractivity contribution in [3.05, 3.63) is 78.0 Å². The van der Waals surface area contributed by atoms with Gasteiger partial charge in [0.25, 0.3) is 0 Å². The number of aromatic nitrogens is 1. The lowest BCUT2D eigenvalue weighted by molar-refractivity contribution is -0.140. The largest absolute Gasteiger partial charge is 0.354 e. The summed E-state index contributed by atoms with van der Waals surface area (Å²) in [7, 11) is 0. The Kier molecular flexibility index (Phi) is 9.35. The summed E-state index contributed by atoms with van der Waals surface area (Å²) in [6, 6.07) is 19.3. The number of amides is 2. The SMILES string of the molecule is NCCCC(C(=O)NCCCc1ccccc1)N(Cc1cnc2ccccc2c1)C(=O)CN. The molecule has 0 saturated heterocycles. The second-order valence-electron chi connectivity index (χ2n) is 8.09. The number of hydrogen-bond acceptors (Lipinski definition) is 5. The first-order chi connectivity index (χ1) is 16.1. The van der Waals surface area contributed by atoms with Crippen LogP contribution in [0.15, 0.2) is 66.9 Å². The van der Waals surface area contributed by atoms with Gasteiger partial charge in [0.1, 0.15) is 6.04 Å². The van der Waals surface area contributed by atoms with Gasteiger partial charge in [0.15, 0.2) is 0 Å². The Labute approximate surface area is 195 Å². The van der Waals surface area contributed by atoms with Crippen molar-refractivity contribution in [3.8, 4) is 0 Å². The van der Waals surface area contributed by atoms with Gasteiger partial charge in [-0.25, -0.2) is 0 Å². The predicted octanol–water partition coefficient (Wildman–Crippen LogP) is 2.38. The highest BCUT2D eigenvalue weighted by Gasteiger charge is 2.28. The van der Waals surface area contributed by atoms with Gasteiger partial charge in [0, 0.05) is 24.7 Å². The fourth-order valence-corrected chi connectivity index (χ4v) is 3.90. The quantitative estimate of drug-likeness (QED) is 0.369. The molecule has 1 atom stereocenters. The summed E-state index contributed by atoms with van der Waals surface area (Å²) in [6.45, 7) is 1.08. The van der Waals surface area contributed by atoms with Gasteiger partial charge < -0.3 is 21.7 Å². The Morgan fingerprint density at radius 1 is 0.970 bits per heavy atom. The number of nitrogens with one attached hydrogen (secondary N) is 1. The van der Waals surface area contributed by atoms with Crippen LogP contribution in [0.1, 0.15) is 30.4 Å². The minimum absolute atomic E-state index is 0.165. The summed E-state index contributed by atoms with van der Waals surface area (Å²) in [4.78, 5) is 31.9. The summed E-state index contributed by atoms with van der Waals surface area (Å²) < 4.78 is 0. The molecule has 0 bridgehead atoms. The molecule has 0 aliphatic carbocycles. The molecule has 174 valence electrons. The smallest absolute Gasteiger partial charge is 0.242 e. The number of carbonyl (C=O) groups excluding carboxylic acids is 2. The molecule has 0 fully saturated rings. The number of hydrogen-bond donors (Lipinski definition) is 3. The van der Waals surface area contributed by atoms with E-state index >= 15 is 0 Å². The van der Waals surface area contributed by atoms with Crippen molar-refractivity contribution >= 4 is 22.7 Å². The van der Waals surface area contributed by atoms with E-state index in [1.54, 1.807) is 11.1 Å². The standard InChI is InChI=1S/C26H33N5O2/c27-14-6-13-24(26(33)29-15-7-10-20-8-2-1-3-9-20)31(25(32)17-28)19-21-16-22-11-4-5-12-23(22)30-18-21/h1-5,8-9,11-12,16,18,24H,6-7,10,13-15,17,19,27-28H2,(H,29,33). The van der Waals surface area contributed by atoms with Gasteiger partial charge in [-0.15, -0.1) is 0 Å². The number of pyridine rings is 1. The first-order valence-corrected chi connectivity index (χ1v) is 11.5. The fourth-order valence-electron chi connectivity index (χ4n) is 3.90. The second-order valence-corrected chi connectivity index (χ2v) is 8.09. The third-order valence-corrected chi connectivity index (χ3v) is 5.64. The van der Waals surface area contributed by atoms with Gasteiger partial charge in [-0.05, 0) is 55.5 Å². The molecule has 7 nitrogen and oxygen atoms in total. The Morgan fingerprint density at radius 3 is 2.48 bits per heavy atom. The average molecular weight is 448 g/mol. The first-order valence-electron chi connectivity index (χ1n) is 11.5. The van der Waals surface area contributed by atoms with Crippen LogP contribution in [0.25, 0.3) is 10.9 Å². The molecule has 0 aliphatic heterocycles. The van der Waals surface area contributed by atoms with Gasteiger partial charge in [-0.3, -0.25) is 14.6 Å². The molecule has 5 N–H and O–H groups in total. The lowest BCUT2D eigenvalue weighted by atomic mass is 10.1. The van der Waals surface area contributed by atoms with Crippen molar-refractivity contribution in [1.82, 2.24) is 15.2 Å². The molecule has 0 radical (unpaired) electrons. The summed E-state index contributed by atoms with van der Waals surface area (Å²) in [6.07, 6.45) is 4.55. The van der Waals surface area contributed by atoms with E-state index < -0.39 is 6.04 Å². The van der Waals surface area contributed by atoms with Crippen molar-refractivity contribution in [2.45, 2.75) is 38.3 Å². The van der Waals surface area contributed by atoms with Gasteiger partial charge in [0.2, 0.25) is 11.8 Å². The van der Waals surface area contributed by atoms with Gasteiger partial charge >= 0.3 is 0 Å². The predicted molar refractivity (Wildman–Crippen MR) is 131 cm³/mol. The molecule has 1 aromatic heterocycles. The Bertz CT molecular complexity index is 1040. The van der Waals surface area contributed by atoms with E-state index in [9.17, 15) is 9.59 Å². The third-order valence-electron chi connectivity index (χ3n) is 5.64. The van der Waals surface area contributed by atoms with E-state index in [2.05, 4.69) is 22.4 Å². The second kappa shape index (κ2) is 12.7. The van der Waals surface area contributed by atoms with E-state index in [4.69, 9.17) is 11.5 Å². The van der Waals surface area contributed by atoms with E-state index in [1.165, 1.54) is 5.56 Å². The van der Waals surface area contributed by atoms with Crippen molar-refractivity contribution in [1.29, 1.82) is 0 Å². The Balaban J connectivity index is 1.70. The monoisotopic (exact) mass is 447 g/mol. The van der Waals surface area contributed by atoms with Crippen molar-refractivity contribution in [3.63, 3.8) is 0 Å². The molecule has 0 saturated carbocycles. The molecule has 33 heavy (non-hydrogen) atoms. The Hall–Kier alpha value is -3.29. The normalized spacial score (nSPS) is 11.8. The molecule has 2 aromatic carbocycles. The van der Waals surface area contributed by atoms with E-state index in [0.717, 1.165) is 29.3 Å². The zero-order valence-electron chi connectivity index (χ0n) is 19.0. The maximum absolute atomic E-state index is 13.1. The number of carbonyl (C=O) groups is 2. The lowest BCUT2D eigenvalue weighted by Gasteiger charge is -2.31. The van der Waals surface area contributed by atoms with Crippen LogP contribution in [0.4, 0.5) is 0 Å². The number of nitrogens with zero attached hydrogens (tertiary/aromatic N) is 2. The van der Waals surface area contributed by atoms with Crippen molar-refractivity contribution in [2.24, 2.45) is 11.5 Å². The highest BCUT2D eigenvalue weighted by atomic mass is 16.2. The highest BCUT2D eigenvalue weighted by Crippen LogP contribution is 2.17. The summed E-state index contributed by atoms with van der Waals surface area (Å²) in [5.41, 5.74) is 14.4. The van der Waals surface area contributed by atoms with Crippen LogP contribution in [-0.4, -0.2) is 47.4 Å². The number of aryl methyl sites for hydroxylation is 1. The molecule has 3 aromatic rings. The molecule has 1 unspecified atom stereocenters. The Morgan fingerprint density at radius 2 is 1.73 bits per heavy atom. The number of nitrogens with two attached hydrogens (primary N) is 2. The lowest BCUT2D eigenvalue weighted by Crippen LogP contribution is -2.51. The minimum Gasteiger partial charge on any atom is -0.354 e. The zero-order chi connectivity index (χ0) is 23.5. The summed E-state index contributed by atoms with van der Waals surface area (Å²) in [5.74, 6) is -0.448. The van der Waals surface area contributed by atoms with E-state index in [-0.39, 0.29) is 24.9 Å². The minimum atomic E-state index is -0.632. The van der Waals surface area contributed by atoms with E-state index in [1.807, 2.05) is 48.5 Å². The maximum Gasteiger partial charge on any atom is 0.242 e. The number of fused-ring (bicyclic) bond motifs is 1. The van der Waals surface area contributed by atoms with E-state index in [0.29, 0.717) is 25.9 Å². The van der Waals surface area contributed by atoms with Crippen LogP contribution in [0.2, 0.25) is 0 Å². The molecule has 3 rings (SSSR count).